The molecule has 3 heterocycles. The lowest BCUT2D eigenvalue weighted by molar-refractivity contribution is -0.134. The van der Waals surface area contributed by atoms with Crippen LogP contribution < -0.4 is 0 Å². The highest BCUT2D eigenvalue weighted by Gasteiger charge is 2.21. The van der Waals surface area contributed by atoms with E-state index in [2.05, 4.69) is 4.98 Å². The van der Waals surface area contributed by atoms with Gasteiger partial charge in [-0.3, -0.25) is 14.0 Å². The predicted octanol–water partition coefficient (Wildman–Crippen LogP) is 2.56. The van der Waals surface area contributed by atoms with Crippen LogP contribution >= 0.6 is 22.9 Å². The van der Waals surface area contributed by atoms with E-state index in [9.17, 15) is 9.59 Å². The summed E-state index contributed by atoms with van der Waals surface area (Å²) in [6, 6.07) is 7.56. The fourth-order valence-corrected chi connectivity index (χ4v) is 4.06. The molecule has 26 heavy (non-hydrogen) atoms. The predicted molar refractivity (Wildman–Crippen MR) is 101 cm³/mol. The molecule has 2 amide bonds. The van der Waals surface area contributed by atoms with E-state index in [1.807, 2.05) is 45.1 Å². The first-order valence-electron chi connectivity index (χ1n) is 8.32. The lowest BCUT2D eigenvalue weighted by atomic mass is 10.2. The number of hydrogen-bond donors (Lipinski definition) is 0. The molecule has 8 heteroatoms. The molecule has 0 N–H and O–H groups in total. The number of aromatic nitrogens is 2. The summed E-state index contributed by atoms with van der Waals surface area (Å²) in [6.45, 7) is 2.37. The Hall–Kier alpha value is -2.38. The maximum Gasteiger partial charge on any atom is 0.228 e. The molecule has 1 aliphatic heterocycles. The Labute approximate surface area is 159 Å². The number of rotatable bonds is 4. The van der Waals surface area contributed by atoms with Gasteiger partial charge in [-0.05, 0) is 12.1 Å². The third-order valence-corrected chi connectivity index (χ3v) is 5.71. The summed E-state index contributed by atoms with van der Waals surface area (Å²) >= 11 is 7.47. The molecule has 1 aromatic carbocycles. The molecule has 0 saturated carbocycles. The monoisotopic (exact) mass is 388 g/mol. The summed E-state index contributed by atoms with van der Waals surface area (Å²) in [7, 11) is 0. The second kappa shape index (κ2) is 7.09. The highest BCUT2D eigenvalue weighted by molar-refractivity contribution is 7.15. The SMILES string of the molecule is O=CN1CCN(C(=O)Cc2csc3nc(-c4ccc(Cl)cc4)cn23)CC1. The molecule has 1 fully saturated rings. The number of amides is 2. The van der Waals surface area contributed by atoms with Gasteiger partial charge in [-0.2, -0.15) is 0 Å². The number of halogens is 1. The minimum Gasteiger partial charge on any atom is -0.342 e. The maximum absolute atomic E-state index is 12.6. The standard InChI is InChI=1S/C18H17ClN4O2S/c19-14-3-1-13(2-4-14)16-10-23-15(11-26-18(23)20-16)9-17(25)22-7-5-21(12-24)6-8-22/h1-4,10-12H,5-9H2. The first kappa shape index (κ1) is 17.1. The number of thiazole rings is 1. The summed E-state index contributed by atoms with van der Waals surface area (Å²) in [5, 5.41) is 2.67. The van der Waals surface area contributed by atoms with Crippen LogP contribution in [0.1, 0.15) is 5.69 Å². The zero-order valence-electron chi connectivity index (χ0n) is 14.0. The van der Waals surface area contributed by atoms with Crippen molar-refractivity contribution < 1.29 is 9.59 Å². The molecule has 0 spiro atoms. The quantitative estimate of drug-likeness (QED) is 0.645. The molecule has 2 aromatic heterocycles. The molecule has 0 bridgehead atoms. The molecule has 0 atom stereocenters. The van der Waals surface area contributed by atoms with Crippen molar-refractivity contribution >= 4 is 40.2 Å². The van der Waals surface area contributed by atoms with Crippen molar-refractivity contribution in [3.8, 4) is 11.3 Å². The second-order valence-corrected chi connectivity index (χ2v) is 7.48. The molecule has 0 aliphatic carbocycles. The van der Waals surface area contributed by atoms with Crippen LogP contribution in [0.4, 0.5) is 0 Å². The zero-order chi connectivity index (χ0) is 18.1. The van der Waals surface area contributed by atoms with Gasteiger partial charge in [0.05, 0.1) is 12.1 Å². The Kier molecular flexibility index (Phi) is 4.65. The van der Waals surface area contributed by atoms with Crippen LogP contribution in [-0.2, 0) is 16.0 Å². The van der Waals surface area contributed by atoms with Gasteiger partial charge in [0.15, 0.2) is 4.96 Å². The highest BCUT2D eigenvalue weighted by Crippen LogP contribution is 2.25. The molecule has 6 nitrogen and oxygen atoms in total. The van der Waals surface area contributed by atoms with Crippen molar-refractivity contribution in [3.63, 3.8) is 0 Å². The number of nitrogens with zero attached hydrogens (tertiary/aromatic N) is 4. The number of hydrogen-bond acceptors (Lipinski definition) is 4. The van der Waals surface area contributed by atoms with Gasteiger partial charge in [-0.25, -0.2) is 4.98 Å². The van der Waals surface area contributed by atoms with E-state index in [0.717, 1.165) is 28.3 Å². The van der Waals surface area contributed by atoms with E-state index < -0.39 is 0 Å². The van der Waals surface area contributed by atoms with Crippen LogP contribution in [0.3, 0.4) is 0 Å². The molecule has 134 valence electrons. The van der Waals surface area contributed by atoms with Gasteiger partial charge in [0.2, 0.25) is 12.3 Å². The molecular weight excluding hydrogens is 372 g/mol. The molecule has 1 aliphatic rings. The molecule has 1 saturated heterocycles. The third kappa shape index (κ3) is 3.32. The van der Waals surface area contributed by atoms with Crippen molar-refractivity contribution in [1.29, 1.82) is 0 Å². The molecule has 0 unspecified atom stereocenters. The van der Waals surface area contributed by atoms with E-state index in [4.69, 9.17) is 11.6 Å². The van der Waals surface area contributed by atoms with E-state index >= 15 is 0 Å². The van der Waals surface area contributed by atoms with Crippen molar-refractivity contribution in [2.24, 2.45) is 0 Å². The molecule has 3 aromatic rings. The van der Waals surface area contributed by atoms with Crippen LogP contribution in [0.5, 0.6) is 0 Å². The topological polar surface area (TPSA) is 57.9 Å². The van der Waals surface area contributed by atoms with Crippen LogP contribution in [-0.4, -0.2) is 57.7 Å². The Morgan fingerprint density at radius 3 is 2.62 bits per heavy atom. The lowest BCUT2D eigenvalue weighted by Gasteiger charge is -2.32. The van der Waals surface area contributed by atoms with Crippen LogP contribution in [0.25, 0.3) is 16.2 Å². The molecule has 0 radical (unpaired) electrons. The highest BCUT2D eigenvalue weighted by atomic mass is 35.5. The van der Waals surface area contributed by atoms with Crippen molar-refractivity contribution in [2.45, 2.75) is 6.42 Å². The van der Waals surface area contributed by atoms with Gasteiger partial charge >= 0.3 is 0 Å². The number of imidazole rings is 1. The third-order valence-electron chi connectivity index (χ3n) is 4.57. The van der Waals surface area contributed by atoms with Gasteiger partial charge < -0.3 is 9.80 Å². The number of carbonyl (C=O) groups excluding carboxylic acids is 2. The average Bonchev–Trinajstić information content (AvgIpc) is 3.24. The Morgan fingerprint density at radius 1 is 1.19 bits per heavy atom. The largest absolute Gasteiger partial charge is 0.342 e. The van der Waals surface area contributed by atoms with Crippen LogP contribution in [0.2, 0.25) is 5.02 Å². The summed E-state index contributed by atoms with van der Waals surface area (Å²) in [5.41, 5.74) is 2.79. The minimum atomic E-state index is 0.0805. The van der Waals surface area contributed by atoms with E-state index in [0.29, 0.717) is 37.6 Å². The summed E-state index contributed by atoms with van der Waals surface area (Å²) in [6.07, 6.45) is 3.13. The fraction of sp³-hybridized carbons (Fsp3) is 0.278. The van der Waals surface area contributed by atoms with E-state index in [-0.39, 0.29) is 5.91 Å². The summed E-state index contributed by atoms with van der Waals surface area (Å²) in [5.74, 6) is 0.0805. The van der Waals surface area contributed by atoms with Gasteiger partial charge in [-0.1, -0.05) is 23.7 Å². The summed E-state index contributed by atoms with van der Waals surface area (Å²) < 4.78 is 1.98. The van der Waals surface area contributed by atoms with Gasteiger partial charge in [-0.15, -0.1) is 11.3 Å². The number of carbonyl (C=O) groups is 2. The van der Waals surface area contributed by atoms with Crippen molar-refractivity contribution in [2.75, 3.05) is 26.2 Å². The number of fused-ring (bicyclic) bond motifs is 1. The van der Waals surface area contributed by atoms with Gasteiger partial charge in [0, 0.05) is 54.0 Å². The van der Waals surface area contributed by atoms with E-state index in [1.54, 1.807) is 4.90 Å². The maximum atomic E-state index is 12.6. The minimum absolute atomic E-state index is 0.0805. The second-order valence-electron chi connectivity index (χ2n) is 6.21. The Balaban J connectivity index is 1.51. The van der Waals surface area contributed by atoms with Crippen LogP contribution in [0.15, 0.2) is 35.8 Å². The van der Waals surface area contributed by atoms with Gasteiger partial charge in [0.25, 0.3) is 0 Å². The van der Waals surface area contributed by atoms with Crippen molar-refractivity contribution in [1.82, 2.24) is 19.2 Å². The van der Waals surface area contributed by atoms with Crippen molar-refractivity contribution in [3.05, 3.63) is 46.6 Å². The zero-order valence-corrected chi connectivity index (χ0v) is 15.5. The molecular formula is C18H17ClN4O2S. The number of benzene rings is 1. The van der Waals surface area contributed by atoms with Crippen LogP contribution in [0, 0.1) is 0 Å². The Morgan fingerprint density at radius 2 is 1.92 bits per heavy atom. The van der Waals surface area contributed by atoms with E-state index in [1.165, 1.54) is 11.3 Å². The number of piperazine rings is 1. The average molecular weight is 389 g/mol. The first-order chi connectivity index (χ1) is 12.6. The van der Waals surface area contributed by atoms with Gasteiger partial charge in [0.1, 0.15) is 0 Å². The summed E-state index contributed by atoms with van der Waals surface area (Å²) in [4.78, 5) is 32.4. The Bertz CT molecular complexity index is 942. The normalized spacial score (nSPS) is 14.8. The first-order valence-corrected chi connectivity index (χ1v) is 9.58. The fourth-order valence-electron chi connectivity index (χ4n) is 3.06. The lowest BCUT2D eigenvalue weighted by Crippen LogP contribution is -2.48. The smallest absolute Gasteiger partial charge is 0.228 e. The molecule has 4 rings (SSSR count).